The molecule has 1 aromatic carbocycles. The van der Waals surface area contributed by atoms with Crippen molar-refractivity contribution >= 4 is 29.6 Å². The van der Waals surface area contributed by atoms with Crippen LogP contribution in [0.15, 0.2) is 23.3 Å². The average Bonchev–Trinajstić information content (AvgIpc) is 3.06. The molecular formula is C15H18ClN3O4. The summed E-state index contributed by atoms with van der Waals surface area (Å²) in [5.74, 6) is -1.04. The Kier molecular flexibility index (Phi) is 6.37. The maximum absolute atomic E-state index is 11.6. The van der Waals surface area contributed by atoms with Crippen molar-refractivity contribution in [3.05, 3.63) is 28.8 Å². The third kappa shape index (κ3) is 5.22. The molecule has 1 heterocycles. The van der Waals surface area contributed by atoms with Gasteiger partial charge in [-0.05, 0) is 36.6 Å². The summed E-state index contributed by atoms with van der Waals surface area (Å²) in [7, 11) is 1.52. The first-order chi connectivity index (χ1) is 11.1. The second-order valence-electron chi connectivity index (χ2n) is 4.94. The van der Waals surface area contributed by atoms with Gasteiger partial charge in [0.25, 0.3) is 0 Å². The van der Waals surface area contributed by atoms with Crippen molar-refractivity contribution < 1.29 is 19.1 Å². The van der Waals surface area contributed by atoms with E-state index in [2.05, 4.69) is 15.8 Å². The number of hydrogen-bond acceptors (Lipinski definition) is 5. The predicted molar refractivity (Wildman–Crippen MR) is 85.7 cm³/mol. The monoisotopic (exact) mass is 339 g/mol. The van der Waals surface area contributed by atoms with Gasteiger partial charge < -0.3 is 14.8 Å². The van der Waals surface area contributed by atoms with E-state index < -0.39 is 11.8 Å². The van der Waals surface area contributed by atoms with Gasteiger partial charge in [0, 0.05) is 13.2 Å². The lowest BCUT2D eigenvalue weighted by Crippen LogP contribution is -2.41. The highest BCUT2D eigenvalue weighted by atomic mass is 35.5. The minimum atomic E-state index is -0.834. The Bertz CT molecular complexity index is 600. The molecule has 8 heteroatoms. The zero-order valence-corrected chi connectivity index (χ0v) is 13.4. The molecule has 1 saturated heterocycles. The van der Waals surface area contributed by atoms with Gasteiger partial charge in [-0.15, -0.1) is 0 Å². The van der Waals surface area contributed by atoms with Crippen LogP contribution in [0.2, 0.25) is 5.02 Å². The van der Waals surface area contributed by atoms with Gasteiger partial charge in [0.2, 0.25) is 0 Å². The summed E-state index contributed by atoms with van der Waals surface area (Å²) in [6.45, 7) is 1.02. The van der Waals surface area contributed by atoms with Crippen LogP contribution in [-0.2, 0) is 14.3 Å². The number of ether oxygens (including phenoxy) is 2. The smallest absolute Gasteiger partial charge is 0.329 e. The number of hydrazone groups is 1. The molecule has 1 aromatic rings. The number of carbonyl (C=O) groups is 2. The van der Waals surface area contributed by atoms with Crippen LogP contribution in [0.3, 0.4) is 0 Å². The molecule has 0 radical (unpaired) electrons. The number of methoxy groups -OCH3 is 1. The van der Waals surface area contributed by atoms with Gasteiger partial charge in [-0.3, -0.25) is 9.59 Å². The molecule has 2 amide bonds. The minimum Gasteiger partial charge on any atom is -0.495 e. The van der Waals surface area contributed by atoms with Gasteiger partial charge in [-0.1, -0.05) is 11.6 Å². The van der Waals surface area contributed by atoms with Crippen molar-refractivity contribution in [3.63, 3.8) is 0 Å². The molecule has 2 N–H and O–H groups in total. The standard InChI is InChI=1S/C15H18ClN3O4/c1-22-13-5-4-10(7-12(13)16)8-18-19-15(21)14(20)17-9-11-3-2-6-23-11/h4-5,7-8,11H,2-3,6,9H2,1H3,(H,17,20)(H,19,21)/b18-8-/t11-/m0/s1. The molecular weight excluding hydrogens is 322 g/mol. The number of rotatable bonds is 5. The molecule has 1 aliphatic rings. The molecule has 0 aromatic heterocycles. The summed E-state index contributed by atoms with van der Waals surface area (Å²) in [6.07, 6.45) is 3.23. The first-order valence-corrected chi connectivity index (χ1v) is 7.54. The molecule has 0 unspecified atom stereocenters. The predicted octanol–water partition coefficient (Wildman–Crippen LogP) is 1.09. The molecule has 1 fully saturated rings. The van der Waals surface area contributed by atoms with Crippen LogP contribution in [0.5, 0.6) is 5.75 Å². The normalized spacial score (nSPS) is 17.2. The van der Waals surface area contributed by atoms with E-state index in [1.165, 1.54) is 13.3 Å². The molecule has 0 saturated carbocycles. The number of benzene rings is 1. The summed E-state index contributed by atoms with van der Waals surface area (Å²) < 4.78 is 10.4. The largest absolute Gasteiger partial charge is 0.495 e. The highest BCUT2D eigenvalue weighted by Crippen LogP contribution is 2.24. The van der Waals surface area contributed by atoms with Crippen LogP contribution >= 0.6 is 11.6 Å². The molecule has 1 atom stereocenters. The minimum absolute atomic E-state index is 0.0170. The second-order valence-corrected chi connectivity index (χ2v) is 5.35. The van der Waals surface area contributed by atoms with E-state index in [4.69, 9.17) is 21.1 Å². The van der Waals surface area contributed by atoms with E-state index in [9.17, 15) is 9.59 Å². The Hall–Kier alpha value is -2.12. The first-order valence-electron chi connectivity index (χ1n) is 7.16. The van der Waals surface area contributed by atoms with E-state index in [-0.39, 0.29) is 6.10 Å². The Morgan fingerprint density at radius 2 is 2.30 bits per heavy atom. The topological polar surface area (TPSA) is 89.0 Å². The number of hydrogen-bond donors (Lipinski definition) is 2. The van der Waals surface area contributed by atoms with Gasteiger partial charge in [-0.25, -0.2) is 5.43 Å². The first kappa shape index (κ1) is 17.2. The van der Waals surface area contributed by atoms with Gasteiger partial charge in [0.15, 0.2) is 0 Å². The number of nitrogens with one attached hydrogen (secondary N) is 2. The van der Waals surface area contributed by atoms with Crippen molar-refractivity contribution in [2.45, 2.75) is 18.9 Å². The van der Waals surface area contributed by atoms with Gasteiger partial charge in [0.05, 0.1) is 24.5 Å². The van der Waals surface area contributed by atoms with E-state index in [1.807, 2.05) is 0 Å². The Morgan fingerprint density at radius 1 is 1.48 bits per heavy atom. The van der Waals surface area contributed by atoms with Crippen LogP contribution in [0.25, 0.3) is 0 Å². The summed E-state index contributed by atoms with van der Waals surface area (Å²) >= 11 is 5.97. The number of amides is 2. The highest BCUT2D eigenvalue weighted by Gasteiger charge is 2.18. The Morgan fingerprint density at radius 3 is 2.96 bits per heavy atom. The van der Waals surface area contributed by atoms with E-state index >= 15 is 0 Å². The molecule has 124 valence electrons. The Labute approximate surface area is 139 Å². The van der Waals surface area contributed by atoms with Crippen LogP contribution in [0.1, 0.15) is 18.4 Å². The summed E-state index contributed by atoms with van der Waals surface area (Å²) in [6, 6.07) is 5.03. The molecule has 1 aliphatic heterocycles. The fraction of sp³-hybridized carbons (Fsp3) is 0.400. The van der Waals surface area contributed by atoms with Crippen molar-refractivity contribution in [2.24, 2.45) is 5.10 Å². The highest BCUT2D eigenvalue weighted by molar-refractivity contribution is 6.35. The number of nitrogens with zero attached hydrogens (tertiary/aromatic N) is 1. The maximum atomic E-state index is 11.6. The molecule has 2 rings (SSSR count). The quantitative estimate of drug-likeness (QED) is 0.477. The van der Waals surface area contributed by atoms with Crippen molar-refractivity contribution in [3.8, 4) is 5.75 Å². The second kappa shape index (κ2) is 8.50. The third-order valence-corrected chi connectivity index (χ3v) is 3.57. The fourth-order valence-electron chi connectivity index (χ4n) is 2.07. The third-order valence-electron chi connectivity index (χ3n) is 3.28. The lowest BCUT2D eigenvalue weighted by molar-refractivity contribution is -0.139. The van der Waals surface area contributed by atoms with Gasteiger partial charge >= 0.3 is 11.8 Å². The van der Waals surface area contributed by atoms with Gasteiger partial charge in [0.1, 0.15) is 5.75 Å². The summed E-state index contributed by atoms with van der Waals surface area (Å²) in [4.78, 5) is 23.2. The summed E-state index contributed by atoms with van der Waals surface area (Å²) in [5.41, 5.74) is 2.82. The molecule has 23 heavy (non-hydrogen) atoms. The molecule has 0 bridgehead atoms. The number of halogens is 1. The SMILES string of the molecule is COc1ccc(/C=N\NC(=O)C(=O)NC[C@@H]2CCCO2)cc1Cl. The fourth-order valence-corrected chi connectivity index (χ4v) is 2.34. The van der Waals surface area contributed by atoms with E-state index in [0.717, 1.165) is 12.8 Å². The van der Waals surface area contributed by atoms with Crippen molar-refractivity contribution in [2.75, 3.05) is 20.3 Å². The molecule has 7 nitrogen and oxygen atoms in total. The van der Waals surface area contributed by atoms with Crippen molar-refractivity contribution in [1.82, 2.24) is 10.7 Å². The number of carbonyl (C=O) groups excluding carboxylic acids is 2. The maximum Gasteiger partial charge on any atom is 0.329 e. The van der Waals surface area contributed by atoms with Crippen LogP contribution in [0, 0.1) is 0 Å². The zero-order chi connectivity index (χ0) is 16.7. The molecule has 0 spiro atoms. The van der Waals surface area contributed by atoms with Crippen molar-refractivity contribution in [1.29, 1.82) is 0 Å². The Balaban J connectivity index is 1.78. The van der Waals surface area contributed by atoms with Crippen LogP contribution < -0.4 is 15.5 Å². The molecule has 0 aliphatic carbocycles. The van der Waals surface area contributed by atoms with E-state index in [0.29, 0.717) is 29.5 Å². The van der Waals surface area contributed by atoms with Gasteiger partial charge in [-0.2, -0.15) is 5.10 Å². The zero-order valence-electron chi connectivity index (χ0n) is 12.7. The average molecular weight is 340 g/mol. The van der Waals surface area contributed by atoms with Crippen LogP contribution in [0.4, 0.5) is 0 Å². The van der Waals surface area contributed by atoms with Crippen LogP contribution in [-0.4, -0.2) is 44.4 Å². The lowest BCUT2D eigenvalue weighted by Gasteiger charge is -2.09. The van der Waals surface area contributed by atoms with E-state index in [1.54, 1.807) is 18.2 Å². The lowest BCUT2D eigenvalue weighted by atomic mass is 10.2. The summed E-state index contributed by atoms with van der Waals surface area (Å²) in [5, 5.41) is 6.66.